The lowest BCUT2D eigenvalue weighted by molar-refractivity contribution is -0.385. The minimum absolute atomic E-state index is 0.0630. The first kappa shape index (κ1) is 17.5. The highest BCUT2D eigenvalue weighted by Gasteiger charge is 2.40. The van der Waals surface area contributed by atoms with Gasteiger partial charge < -0.3 is 19.7 Å². The van der Waals surface area contributed by atoms with E-state index in [2.05, 4.69) is 5.32 Å². The number of nitrogens with zero attached hydrogens (tertiary/aromatic N) is 2. The molecule has 0 spiro atoms. The Bertz CT molecular complexity index is 664. The van der Waals surface area contributed by atoms with Crippen molar-refractivity contribution in [2.75, 3.05) is 26.8 Å². The molecule has 2 atom stereocenters. The molecular formula is C17H23N3O5. The predicted molar refractivity (Wildman–Crippen MR) is 91.3 cm³/mol. The number of nitro benzene ring substituents is 1. The second kappa shape index (κ2) is 7.26. The van der Waals surface area contributed by atoms with E-state index >= 15 is 0 Å². The van der Waals surface area contributed by atoms with Gasteiger partial charge in [-0.3, -0.25) is 14.9 Å². The fraction of sp³-hybridized carbons (Fsp3) is 0.588. The molecule has 2 heterocycles. The maximum absolute atomic E-state index is 13.2. The molecule has 136 valence electrons. The normalized spacial score (nSPS) is 22.4. The van der Waals surface area contributed by atoms with Crippen molar-refractivity contribution in [1.29, 1.82) is 0 Å². The summed E-state index contributed by atoms with van der Waals surface area (Å²) >= 11 is 0. The van der Waals surface area contributed by atoms with Crippen molar-refractivity contribution in [3.63, 3.8) is 0 Å². The molecule has 2 bridgehead atoms. The molecule has 2 fully saturated rings. The maximum atomic E-state index is 13.2. The summed E-state index contributed by atoms with van der Waals surface area (Å²) in [7, 11) is 1.42. The highest BCUT2D eigenvalue weighted by atomic mass is 16.6. The van der Waals surface area contributed by atoms with Gasteiger partial charge in [0.2, 0.25) is 0 Å². The summed E-state index contributed by atoms with van der Waals surface area (Å²) < 4.78 is 10.7. The molecule has 0 aliphatic carbocycles. The van der Waals surface area contributed by atoms with Crippen LogP contribution in [0.2, 0.25) is 0 Å². The van der Waals surface area contributed by atoms with Crippen molar-refractivity contribution in [1.82, 2.24) is 10.2 Å². The first-order valence-electron chi connectivity index (χ1n) is 8.59. The molecule has 1 aromatic carbocycles. The van der Waals surface area contributed by atoms with Gasteiger partial charge in [-0.1, -0.05) is 0 Å². The number of hydrogen-bond donors (Lipinski definition) is 1. The number of fused-ring (bicyclic) bond motifs is 2. The Hall–Kier alpha value is -2.35. The lowest BCUT2D eigenvalue weighted by atomic mass is 10.1. The van der Waals surface area contributed by atoms with Crippen LogP contribution in [0.15, 0.2) is 12.1 Å². The zero-order valence-corrected chi connectivity index (χ0v) is 14.5. The highest BCUT2D eigenvalue weighted by Crippen LogP contribution is 2.37. The summed E-state index contributed by atoms with van der Waals surface area (Å²) in [6.07, 6.45) is 2.73. The molecule has 8 nitrogen and oxygen atoms in total. The predicted octanol–water partition coefficient (Wildman–Crippen LogP) is 1.97. The SMILES string of the molecule is CCOc1cc(C(=O)N2C3CCNCC2CC3)c([N+](=O)[O-])cc1OC. The minimum atomic E-state index is -0.538. The van der Waals surface area contributed by atoms with Crippen molar-refractivity contribution in [3.8, 4) is 11.5 Å². The largest absolute Gasteiger partial charge is 0.493 e. The molecule has 0 saturated carbocycles. The van der Waals surface area contributed by atoms with E-state index in [4.69, 9.17) is 9.47 Å². The van der Waals surface area contributed by atoms with E-state index in [1.54, 1.807) is 0 Å². The van der Waals surface area contributed by atoms with Crippen LogP contribution in [-0.4, -0.2) is 54.6 Å². The average molecular weight is 349 g/mol. The van der Waals surface area contributed by atoms with Crippen LogP contribution in [0.5, 0.6) is 11.5 Å². The third kappa shape index (κ3) is 3.26. The second-order valence-electron chi connectivity index (χ2n) is 6.30. The molecule has 2 aliphatic rings. The highest BCUT2D eigenvalue weighted by molar-refractivity contribution is 5.99. The summed E-state index contributed by atoms with van der Waals surface area (Å²) in [5.41, 5.74) is -0.185. The van der Waals surface area contributed by atoms with Crippen LogP contribution in [0.25, 0.3) is 0 Å². The van der Waals surface area contributed by atoms with Gasteiger partial charge >= 0.3 is 0 Å². The van der Waals surface area contributed by atoms with E-state index in [0.29, 0.717) is 12.4 Å². The topological polar surface area (TPSA) is 93.9 Å². The Morgan fingerprint density at radius 3 is 2.76 bits per heavy atom. The minimum Gasteiger partial charge on any atom is -0.493 e. The van der Waals surface area contributed by atoms with Gasteiger partial charge in [0.25, 0.3) is 11.6 Å². The standard InChI is InChI=1S/C17H23N3O5/c1-3-25-16-8-13(14(20(22)23)9-15(16)24-2)17(21)19-11-4-5-12(19)10-18-7-6-11/h8-9,11-12,18H,3-7,10H2,1-2H3. The monoisotopic (exact) mass is 349 g/mol. The lowest BCUT2D eigenvalue weighted by Crippen LogP contribution is -2.42. The molecule has 1 aromatic rings. The van der Waals surface area contributed by atoms with Crippen molar-refractivity contribution in [2.24, 2.45) is 0 Å². The Morgan fingerprint density at radius 2 is 2.08 bits per heavy atom. The number of nitro groups is 1. The average Bonchev–Trinajstić information content (AvgIpc) is 2.86. The molecule has 2 aliphatic heterocycles. The van der Waals surface area contributed by atoms with Gasteiger partial charge in [0.15, 0.2) is 11.5 Å². The van der Waals surface area contributed by atoms with Gasteiger partial charge in [-0.05, 0) is 32.7 Å². The van der Waals surface area contributed by atoms with Crippen LogP contribution in [-0.2, 0) is 0 Å². The quantitative estimate of drug-likeness (QED) is 0.645. The van der Waals surface area contributed by atoms with Gasteiger partial charge in [0.05, 0.1) is 24.7 Å². The number of hydrogen-bond acceptors (Lipinski definition) is 6. The van der Waals surface area contributed by atoms with Gasteiger partial charge in [-0.25, -0.2) is 0 Å². The zero-order valence-electron chi connectivity index (χ0n) is 14.5. The molecule has 8 heteroatoms. The van der Waals surface area contributed by atoms with Crippen LogP contribution in [0, 0.1) is 10.1 Å². The molecule has 3 rings (SSSR count). The first-order chi connectivity index (χ1) is 12.1. The second-order valence-corrected chi connectivity index (χ2v) is 6.30. The van der Waals surface area contributed by atoms with Crippen LogP contribution in [0.1, 0.15) is 36.5 Å². The Morgan fingerprint density at radius 1 is 1.32 bits per heavy atom. The van der Waals surface area contributed by atoms with Crippen molar-refractivity contribution in [2.45, 2.75) is 38.3 Å². The van der Waals surface area contributed by atoms with Crippen molar-refractivity contribution < 1.29 is 19.2 Å². The van der Waals surface area contributed by atoms with Crippen molar-refractivity contribution >= 4 is 11.6 Å². The number of methoxy groups -OCH3 is 1. The van der Waals surface area contributed by atoms with E-state index in [-0.39, 0.29) is 35.0 Å². The van der Waals surface area contributed by atoms with E-state index in [0.717, 1.165) is 32.4 Å². The molecule has 1 amide bonds. The number of rotatable bonds is 5. The molecule has 1 N–H and O–H groups in total. The molecule has 25 heavy (non-hydrogen) atoms. The summed E-state index contributed by atoms with van der Waals surface area (Å²) in [4.78, 5) is 26.0. The molecule has 2 unspecified atom stereocenters. The smallest absolute Gasteiger partial charge is 0.286 e. The Balaban J connectivity index is 2.03. The summed E-state index contributed by atoms with van der Waals surface area (Å²) in [6.45, 7) is 3.77. The van der Waals surface area contributed by atoms with E-state index < -0.39 is 4.92 Å². The van der Waals surface area contributed by atoms with Crippen LogP contribution < -0.4 is 14.8 Å². The van der Waals surface area contributed by atoms with Crippen LogP contribution in [0.3, 0.4) is 0 Å². The van der Waals surface area contributed by atoms with Gasteiger partial charge in [-0.2, -0.15) is 0 Å². The fourth-order valence-electron chi connectivity index (χ4n) is 3.75. The summed E-state index contributed by atoms with van der Waals surface area (Å²) in [6, 6.07) is 2.93. The molecule has 0 aromatic heterocycles. The fourth-order valence-corrected chi connectivity index (χ4v) is 3.75. The first-order valence-corrected chi connectivity index (χ1v) is 8.59. The number of amides is 1. The Kier molecular flexibility index (Phi) is 5.08. The number of carbonyl (C=O) groups excluding carboxylic acids is 1. The van der Waals surface area contributed by atoms with Crippen molar-refractivity contribution in [3.05, 3.63) is 27.8 Å². The van der Waals surface area contributed by atoms with Gasteiger partial charge in [0, 0.05) is 24.7 Å². The lowest BCUT2D eigenvalue weighted by Gasteiger charge is -2.28. The van der Waals surface area contributed by atoms with E-state index in [9.17, 15) is 14.9 Å². The zero-order chi connectivity index (χ0) is 18.0. The van der Waals surface area contributed by atoms with Gasteiger partial charge in [-0.15, -0.1) is 0 Å². The van der Waals surface area contributed by atoms with Gasteiger partial charge in [0.1, 0.15) is 5.56 Å². The summed E-state index contributed by atoms with van der Waals surface area (Å²) in [5.74, 6) is 0.302. The van der Waals surface area contributed by atoms with Crippen LogP contribution >= 0.6 is 0 Å². The number of benzene rings is 1. The molecule has 0 radical (unpaired) electrons. The number of ether oxygens (including phenoxy) is 2. The van der Waals surface area contributed by atoms with Crippen LogP contribution in [0.4, 0.5) is 5.69 Å². The summed E-state index contributed by atoms with van der Waals surface area (Å²) in [5, 5.41) is 14.8. The number of nitrogens with one attached hydrogen (secondary N) is 1. The molecule has 2 saturated heterocycles. The van der Waals surface area contributed by atoms with E-state index in [1.165, 1.54) is 19.2 Å². The Labute approximate surface area is 146 Å². The third-order valence-electron chi connectivity index (χ3n) is 4.90. The maximum Gasteiger partial charge on any atom is 0.286 e. The van der Waals surface area contributed by atoms with E-state index in [1.807, 2.05) is 11.8 Å². The third-order valence-corrected chi connectivity index (χ3v) is 4.90. The number of carbonyl (C=O) groups is 1. The molecular weight excluding hydrogens is 326 g/mol.